The van der Waals surface area contributed by atoms with Crippen LogP contribution in [0.3, 0.4) is 0 Å². The Balaban J connectivity index is 1.88. The summed E-state index contributed by atoms with van der Waals surface area (Å²) in [5.41, 5.74) is 9.48. The van der Waals surface area contributed by atoms with E-state index in [1.54, 1.807) is 0 Å². The average Bonchev–Trinajstić information content (AvgIpc) is 2.97. The second-order valence-electron chi connectivity index (χ2n) is 5.30. The van der Waals surface area contributed by atoms with Crippen molar-refractivity contribution in [2.75, 3.05) is 18.0 Å². The lowest BCUT2D eigenvalue weighted by Gasteiger charge is -2.11. The molecule has 0 amide bonds. The minimum absolute atomic E-state index is 0.239. The molecule has 1 aromatic heterocycles. The van der Waals surface area contributed by atoms with Gasteiger partial charge < -0.3 is 10.6 Å². The first-order valence-electron chi connectivity index (χ1n) is 6.64. The first kappa shape index (κ1) is 12.2. The standard InChI is InChI=1S/C14H19N5/c1-9-3-4-12(10(2)7-9)13-16-14(18-17-13)19-6-5-11(15)8-19/h3-4,7,11H,5-6,8,15H2,1-2H3,(H,16,17,18). The van der Waals surface area contributed by atoms with E-state index in [9.17, 15) is 0 Å². The van der Waals surface area contributed by atoms with E-state index in [-0.39, 0.29) is 6.04 Å². The summed E-state index contributed by atoms with van der Waals surface area (Å²) in [6.07, 6.45) is 1.01. The van der Waals surface area contributed by atoms with Gasteiger partial charge in [0, 0.05) is 24.7 Å². The highest BCUT2D eigenvalue weighted by Gasteiger charge is 2.22. The van der Waals surface area contributed by atoms with Gasteiger partial charge in [0.15, 0.2) is 5.82 Å². The molecule has 2 aromatic rings. The molecule has 1 fully saturated rings. The van der Waals surface area contributed by atoms with Gasteiger partial charge in [0.05, 0.1) is 0 Å². The lowest BCUT2D eigenvalue weighted by molar-refractivity contribution is 0.750. The lowest BCUT2D eigenvalue weighted by atomic mass is 10.1. The second-order valence-corrected chi connectivity index (χ2v) is 5.30. The van der Waals surface area contributed by atoms with Crippen LogP contribution >= 0.6 is 0 Å². The molecule has 1 aliphatic rings. The van der Waals surface area contributed by atoms with Crippen LogP contribution in [0, 0.1) is 13.8 Å². The monoisotopic (exact) mass is 257 g/mol. The number of benzene rings is 1. The van der Waals surface area contributed by atoms with Crippen LogP contribution in [0.1, 0.15) is 17.5 Å². The molecule has 1 unspecified atom stereocenters. The molecule has 1 atom stereocenters. The van der Waals surface area contributed by atoms with E-state index >= 15 is 0 Å². The smallest absolute Gasteiger partial charge is 0.245 e. The number of rotatable bonds is 2. The molecule has 3 N–H and O–H groups in total. The van der Waals surface area contributed by atoms with Gasteiger partial charge in [0.2, 0.25) is 5.95 Å². The second kappa shape index (κ2) is 4.66. The van der Waals surface area contributed by atoms with Crippen molar-refractivity contribution in [3.05, 3.63) is 29.3 Å². The highest BCUT2D eigenvalue weighted by molar-refractivity contribution is 5.61. The van der Waals surface area contributed by atoms with Gasteiger partial charge in [-0.3, -0.25) is 5.10 Å². The summed E-state index contributed by atoms with van der Waals surface area (Å²) in [7, 11) is 0. The van der Waals surface area contributed by atoms with E-state index in [2.05, 4.69) is 52.1 Å². The van der Waals surface area contributed by atoms with Crippen LogP contribution in [0.4, 0.5) is 5.95 Å². The van der Waals surface area contributed by atoms with E-state index in [0.717, 1.165) is 36.8 Å². The van der Waals surface area contributed by atoms with Gasteiger partial charge >= 0.3 is 0 Å². The summed E-state index contributed by atoms with van der Waals surface area (Å²) in [5, 5.41) is 7.34. The van der Waals surface area contributed by atoms with Crippen LogP contribution < -0.4 is 10.6 Å². The Labute approximate surface area is 112 Å². The molecule has 5 heteroatoms. The Hall–Kier alpha value is -1.88. The Morgan fingerprint density at radius 2 is 2.21 bits per heavy atom. The summed E-state index contributed by atoms with van der Waals surface area (Å²) in [6.45, 7) is 5.96. The predicted octanol–water partition coefficient (Wildman–Crippen LogP) is 1.63. The quantitative estimate of drug-likeness (QED) is 0.857. The summed E-state index contributed by atoms with van der Waals surface area (Å²) in [5.74, 6) is 1.58. The number of hydrogen-bond donors (Lipinski definition) is 2. The normalized spacial score (nSPS) is 19.1. The highest BCUT2D eigenvalue weighted by atomic mass is 15.4. The van der Waals surface area contributed by atoms with Crippen molar-refractivity contribution in [2.24, 2.45) is 5.73 Å². The SMILES string of the molecule is Cc1ccc(-c2nc(N3CCC(N)C3)n[nH]2)c(C)c1. The molecule has 0 spiro atoms. The largest absolute Gasteiger partial charge is 0.338 e. The number of H-pyrrole nitrogens is 1. The fourth-order valence-electron chi connectivity index (χ4n) is 2.56. The Morgan fingerprint density at radius 3 is 2.89 bits per heavy atom. The first-order valence-corrected chi connectivity index (χ1v) is 6.64. The van der Waals surface area contributed by atoms with E-state index in [4.69, 9.17) is 5.73 Å². The molecular weight excluding hydrogens is 238 g/mol. The zero-order chi connectivity index (χ0) is 13.4. The number of nitrogens with two attached hydrogens (primary N) is 1. The Morgan fingerprint density at radius 1 is 1.37 bits per heavy atom. The highest BCUT2D eigenvalue weighted by Crippen LogP contribution is 2.23. The molecule has 0 bridgehead atoms. The van der Waals surface area contributed by atoms with Crippen LogP contribution in [0.5, 0.6) is 0 Å². The van der Waals surface area contributed by atoms with E-state index < -0.39 is 0 Å². The molecular formula is C14H19N5. The number of aromatic amines is 1. The minimum atomic E-state index is 0.239. The fourth-order valence-corrected chi connectivity index (χ4v) is 2.56. The van der Waals surface area contributed by atoms with Crippen molar-refractivity contribution >= 4 is 5.95 Å². The first-order chi connectivity index (χ1) is 9.13. The van der Waals surface area contributed by atoms with Crippen molar-refractivity contribution in [1.82, 2.24) is 15.2 Å². The van der Waals surface area contributed by atoms with Crippen LogP contribution in [0.2, 0.25) is 0 Å². The maximum atomic E-state index is 5.91. The number of aryl methyl sites for hydroxylation is 2. The van der Waals surface area contributed by atoms with E-state index in [1.165, 1.54) is 11.1 Å². The topological polar surface area (TPSA) is 70.8 Å². The van der Waals surface area contributed by atoms with Gasteiger partial charge in [0.25, 0.3) is 0 Å². The predicted molar refractivity (Wildman–Crippen MR) is 76.1 cm³/mol. The maximum absolute atomic E-state index is 5.91. The molecule has 0 saturated carbocycles. The fraction of sp³-hybridized carbons (Fsp3) is 0.429. The summed E-state index contributed by atoms with van der Waals surface area (Å²) >= 11 is 0. The molecule has 100 valence electrons. The molecule has 3 rings (SSSR count). The van der Waals surface area contributed by atoms with Crippen molar-refractivity contribution in [2.45, 2.75) is 26.3 Å². The summed E-state index contributed by atoms with van der Waals surface area (Å²) < 4.78 is 0. The van der Waals surface area contributed by atoms with E-state index in [1.807, 2.05) is 0 Å². The molecule has 0 aliphatic carbocycles. The zero-order valence-corrected chi connectivity index (χ0v) is 11.3. The summed E-state index contributed by atoms with van der Waals surface area (Å²) in [4.78, 5) is 6.72. The number of aromatic nitrogens is 3. The molecule has 19 heavy (non-hydrogen) atoms. The third-order valence-electron chi connectivity index (χ3n) is 3.62. The molecule has 0 radical (unpaired) electrons. The molecule has 5 nitrogen and oxygen atoms in total. The van der Waals surface area contributed by atoms with E-state index in [0.29, 0.717) is 0 Å². The van der Waals surface area contributed by atoms with Crippen molar-refractivity contribution in [3.8, 4) is 11.4 Å². The van der Waals surface area contributed by atoms with Gasteiger partial charge in [-0.2, -0.15) is 4.98 Å². The van der Waals surface area contributed by atoms with Crippen LogP contribution in [-0.4, -0.2) is 34.3 Å². The Bertz CT molecular complexity index is 589. The lowest BCUT2D eigenvalue weighted by Crippen LogP contribution is -2.26. The third-order valence-corrected chi connectivity index (χ3v) is 3.62. The van der Waals surface area contributed by atoms with Gasteiger partial charge in [-0.1, -0.05) is 23.8 Å². The van der Waals surface area contributed by atoms with Crippen molar-refractivity contribution in [1.29, 1.82) is 0 Å². The van der Waals surface area contributed by atoms with Gasteiger partial charge in [-0.25, -0.2) is 0 Å². The number of hydrogen-bond acceptors (Lipinski definition) is 4. The number of nitrogens with zero attached hydrogens (tertiary/aromatic N) is 3. The van der Waals surface area contributed by atoms with Gasteiger partial charge in [0.1, 0.15) is 0 Å². The zero-order valence-electron chi connectivity index (χ0n) is 11.3. The van der Waals surface area contributed by atoms with Crippen LogP contribution in [0.25, 0.3) is 11.4 Å². The molecule has 2 heterocycles. The number of nitrogens with one attached hydrogen (secondary N) is 1. The summed E-state index contributed by atoms with van der Waals surface area (Å²) in [6, 6.07) is 6.58. The Kier molecular flexibility index (Phi) is 2.98. The molecule has 1 saturated heterocycles. The van der Waals surface area contributed by atoms with Crippen LogP contribution in [0.15, 0.2) is 18.2 Å². The van der Waals surface area contributed by atoms with Gasteiger partial charge in [-0.15, -0.1) is 5.10 Å². The van der Waals surface area contributed by atoms with Crippen molar-refractivity contribution < 1.29 is 0 Å². The van der Waals surface area contributed by atoms with Gasteiger partial charge in [-0.05, 0) is 25.8 Å². The van der Waals surface area contributed by atoms with Crippen LogP contribution in [-0.2, 0) is 0 Å². The third kappa shape index (κ3) is 2.33. The molecule has 1 aliphatic heterocycles. The van der Waals surface area contributed by atoms with Crippen molar-refractivity contribution in [3.63, 3.8) is 0 Å². The number of anilines is 1. The maximum Gasteiger partial charge on any atom is 0.245 e. The average molecular weight is 257 g/mol. The minimum Gasteiger partial charge on any atom is -0.338 e. The molecule has 1 aromatic carbocycles.